The van der Waals surface area contributed by atoms with Crippen molar-refractivity contribution >= 4 is 53.8 Å². The molecule has 3 aromatic carbocycles. The number of hydrogen-bond donors (Lipinski definition) is 2. The molecule has 0 spiro atoms. The molecular formula is C24H19AsClNO4. The summed E-state index contributed by atoms with van der Waals surface area (Å²) in [5.41, 5.74) is 3.09. The number of anilines is 1. The molecule has 1 saturated carbocycles. The molecule has 7 heteroatoms. The summed E-state index contributed by atoms with van der Waals surface area (Å²) in [6, 6.07) is 22.2. The summed E-state index contributed by atoms with van der Waals surface area (Å²) in [4.78, 5) is 35.7. The summed E-state index contributed by atoms with van der Waals surface area (Å²) < 4.78 is 0.969. The third-order valence-electron chi connectivity index (χ3n) is 5.21. The molecule has 156 valence electrons. The number of aliphatic carboxylic acids is 1. The van der Waals surface area contributed by atoms with E-state index in [0.29, 0.717) is 22.7 Å². The van der Waals surface area contributed by atoms with Gasteiger partial charge in [0.1, 0.15) is 0 Å². The number of carboxylic acid groups (broad SMARTS) is 1. The van der Waals surface area contributed by atoms with Crippen molar-refractivity contribution in [2.45, 2.75) is 6.42 Å². The minimum absolute atomic E-state index is 0.0246. The van der Waals surface area contributed by atoms with E-state index in [-0.39, 0.29) is 10.5 Å². The molecule has 31 heavy (non-hydrogen) atoms. The van der Waals surface area contributed by atoms with Gasteiger partial charge >= 0.3 is 182 Å². The molecule has 2 N–H and O–H groups in total. The predicted molar refractivity (Wildman–Crippen MR) is 123 cm³/mol. The molecule has 0 heterocycles. The zero-order valence-corrected chi connectivity index (χ0v) is 19.2. The van der Waals surface area contributed by atoms with E-state index in [1.807, 2.05) is 48.5 Å². The second-order valence-electron chi connectivity index (χ2n) is 7.36. The van der Waals surface area contributed by atoms with Crippen LogP contribution in [0.5, 0.6) is 0 Å². The Morgan fingerprint density at radius 1 is 0.871 bits per heavy atom. The van der Waals surface area contributed by atoms with Crippen LogP contribution in [0.2, 0.25) is 5.02 Å². The van der Waals surface area contributed by atoms with Crippen molar-refractivity contribution in [2.24, 2.45) is 11.8 Å². The zero-order chi connectivity index (χ0) is 22.0. The van der Waals surface area contributed by atoms with Gasteiger partial charge in [-0.2, -0.15) is 0 Å². The van der Waals surface area contributed by atoms with Crippen LogP contribution in [0.1, 0.15) is 16.8 Å². The molecule has 0 saturated heterocycles. The van der Waals surface area contributed by atoms with Crippen LogP contribution in [0.15, 0.2) is 72.8 Å². The monoisotopic (exact) mass is 495 g/mol. The fourth-order valence-corrected chi connectivity index (χ4v) is 5.24. The molecular weight excluding hydrogens is 477 g/mol. The van der Waals surface area contributed by atoms with Gasteiger partial charge in [-0.05, 0) is 0 Å². The first-order valence-electron chi connectivity index (χ1n) is 9.72. The van der Waals surface area contributed by atoms with Crippen LogP contribution in [0.4, 0.5) is 10.5 Å². The fourth-order valence-electron chi connectivity index (χ4n) is 3.39. The summed E-state index contributed by atoms with van der Waals surface area (Å²) in [6.07, 6.45) is 0.422. The maximum absolute atomic E-state index is 12.4. The van der Waals surface area contributed by atoms with Crippen molar-refractivity contribution in [2.75, 3.05) is 5.32 Å². The first-order chi connectivity index (χ1) is 14.9. The van der Waals surface area contributed by atoms with Gasteiger partial charge in [-0.15, -0.1) is 0 Å². The van der Waals surface area contributed by atoms with Crippen LogP contribution in [0.25, 0.3) is 11.1 Å². The van der Waals surface area contributed by atoms with Gasteiger partial charge < -0.3 is 5.11 Å². The Bertz CT molecular complexity index is 1150. The van der Waals surface area contributed by atoms with E-state index in [2.05, 4.69) is 5.32 Å². The van der Waals surface area contributed by atoms with E-state index >= 15 is 0 Å². The molecule has 4 rings (SSSR count). The molecule has 5 nitrogen and oxygen atoms in total. The van der Waals surface area contributed by atoms with Gasteiger partial charge in [0.2, 0.25) is 0 Å². The standard InChI is InChI=1S/C24H19AsClNO4/c26-20-3-1-2-4-21(20)27-24(31)25-17-11-9-15(10-12-17)14-5-7-16(8-6-14)22(28)18-13-19(18)23(29)30/h1-12,18-19,25H,13H2,(H,27,31)(H,29,30)/t18-,19-/m1/s1. The number of halogens is 1. The number of nitrogens with one attached hydrogen (secondary N) is 1. The van der Waals surface area contributed by atoms with E-state index in [9.17, 15) is 14.4 Å². The van der Waals surface area contributed by atoms with Crippen molar-refractivity contribution in [3.63, 3.8) is 0 Å². The fraction of sp³-hybridized carbons (Fsp3) is 0.125. The summed E-state index contributed by atoms with van der Waals surface area (Å²) in [6.45, 7) is 0. The topological polar surface area (TPSA) is 83.5 Å². The number of amides is 1. The number of carbonyl (C=O) groups is 3. The summed E-state index contributed by atoms with van der Waals surface area (Å²) >= 11 is 5.05. The van der Waals surface area contributed by atoms with Crippen LogP contribution in [0, 0.1) is 11.8 Å². The number of ketones is 1. The van der Waals surface area contributed by atoms with E-state index in [1.165, 1.54) is 0 Å². The van der Waals surface area contributed by atoms with Gasteiger partial charge in [0.05, 0.1) is 0 Å². The van der Waals surface area contributed by atoms with Crippen LogP contribution >= 0.6 is 11.6 Å². The quantitative estimate of drug-likeness (QED) is 0.380. The number of carbonyl (C=O) groups excluding carboxylic acids is 2. The van der Waals surface area contributed by atoms with Crippen LogP contribution in [0.3, 0.4) is 0 Å². The molecule has 1 amide bonds. The number of benzene rings is 3. The second-order valence-corrected chi connectivity index (χ2v) is 10.5. The average molecular weight is 496 g/mol. The Labute approximate surface area is 191 Å². The Morgan fingerprint density at radius 3 is 2.06 bits per heavy atom. The number of para-hydroxylation sites is 1. The van der Waals surface area contributed by atoms with E-state index < -0.39 is 33.6 Å². The molecule has 1 aliphatic carbocycles. The molecule has 0 bridgehead atoms. The summed E-state index contributed by atoms with van der Waals surface area (Å²) in [5, 5.41) is 12.4. The maximum atomic E-state index is 12.4. The molecule has 1 unspecified atom stereocenters. The second kappa shape index (κ2) is 9.09. The van der Waals surface area contributed by atoms with Crippen molar-refractivity contribution in [3.8, 4) is 11.1 Å². The van der Waals surface area contributed by atoms with Crippen molar-refractivity contribution < 1.29 is 19.5 Å². The van der Waals surface area contributed by atoms with Gasteiger partial charge in [-0.25, -0.2) is 0 Å². The predicted octanol–water partition coefficient (Wildman–Crippen LogP) is 4.20. The van der Waals surface area contributed by atoms with Gasteiger partial charge in [-0.1, -0.05) is 0 Å². The molecule has 3 aromatic rings. The molecule has 0 radical (unpaired) electrons. The van der Waals surface area contributed by atoms with Crippen molar-refractivity contribution in [1.29, 1.82) is 0 Å². The third kappa shape index (κ3) is 5.07. The first kappa shape index (κ1) is 21.4. The molecule has 0 aromatic heterocycles. The molecule has 1 aliphatic rings. The van der Waals surface area contributed by atoms with Gasteiger partial charge in [0, 0.05) is 0 Å². The molecule has 0 aliphatic heterocycles. The number of rotatable bonds is 7. The Hall–Kier alpha value is -2.88. The Balaban J connectivity index is 1.38. The number of hydrogen-bond acceptors (Lipinski definition) is 3. The van der Waals surface area contributed by atoms with Crippen molar-refractivity contribution in [1.82, 2.24) is 0 Å². The van der Waals surface area contributed by atoms with Crippen LogP contribution < -0.4 is 9.67 Å². The van der Waals surface area contributed by atoms with Crippen LogP contribution in [-0.2, 0) is 4.79 Å². The van der Waals surface area contributed by atoms with Gasteiger partial charge in [-0.3, -0.25) is 4.79 Å². The normalized spacial score (nSPS) is 17.5. The van der Waals surface area contributed by atoms with Gasteiger partial charge in [0.15, 0.2) is 0 Å². The Morgan fingerprint density at radius 2 is 1.48 bits per heavy atom. The Kier molecular flexibility index (Phi) is 6.26. The van der Waals surface area contributed by atoms with Gasteiger partial charge in [0.25, 0.3) is 0 Å². The van der Waals surface area contributed by atoms with Crippen molar-refractivity contribution in [3.05, 3.63) is 83.4 Å². The number of carboxylic acids is 1. The average Bonchev–Trinajstić information content (AvgIpc) is 3.57. The third-order valence-corrected chi connectivity index (χ3v) is 7.59. The minimum atomic E-state index is -1.03. The molecule has 1 fully saturated rings. The SMILES string of the molecule is O=C(Nc1ccccc1Cl)[AsH]c1ccc(-c2ccc(C(=O)[C@@H]3C[C@H]3C(=O)O)cc2)cc1. The zero-order valence-electron chi connectivity index (χ0n) is 16.3. The van der Waals surface area contributed by atoms with E-state index in [0.717, 1.165) is 15.5 Å². The first-order valence-corrected chi connectivity index (χ1v) is 12.2. The number of Topliss-reactive ketones (excluding diaryl/α,β-unsaturated/α-hetero) is 1. The van der Waals surface area contributed by atoms with Crippen LogP contribution in [-0.4, -0.2) is 37.3 Å². The van der Waals surface area contributed by atoms with E-state index in [4.69, 9.17) is 16.7 Å². The van der Waals surface area contributed by atoms with E-state index in [1.54, 1.807) is 24.3 Å². The summed E-state index contributed by atoms with van der Waals surface area (Å²) in [5.74, 6) is -1.95. The summed E-state index contributed by atoms with van der Waals surface area (Å²) in [7, 11) is 0. The molecule has 3 atom stereocenters.